The predicted octanol–water partition coefficient (Wildman–Crippen LogP) is 1.29. The van der Waals surface area contributed by atoms with Gasteiger partial charge < -0.3 is 10.6 Å². The molecule has 0 bridgehead atoms. The summed E-state index contributed by atoms with van der Waals surface area (Å²) < 4.78 is 0. The summed E-state index contributed by atoms with van der Waals surface area (Å²) in [5.74, 6) is 0. The molecule has 1 aromatic carbocycles. The standard InChI is InChI=1S/C10H13N3O2/c1-7-3-2-4-9(10(7)13(14)15)12-8-5-11-6-8/h2-4,8,11-12H,5-6H2,1H3. The van der Waals surface area contributed by atoms with Gasteiger partial charge in [-0.3, -0.25) is 10.1 Å². The number of aryl methyl sites for hydroxylation is 1. The van der Waals surface area contributed by atoms with Crippen molar-refractivity contribution in [2.75, 3.05) is 18.4 Å². The molecule has 0 saturated carbocycles. The van der Waals surface area contributed by atoms with Gasteiger partial charge in [0.2, 0.25) is 0 Å². The Hall–Kier alpha value is -1.62. The number of hydrogen-bond acceptors (Lipinski definition) is 4. The fourth-order valence-corrected chi connectivity index (χ4v) is 1.63. The zero-order chi connectivity index (χ0) is 10.8. The third-order valence-electron chi connectivity index (χ3n) is 2.56. The molecule has 80 valence electrons. The molecule has 0 radical (unpaired) electrons. The van der Waals surface area contributed by atoms with E-state index in [4.69, 9.17) is 0 Å². The minimum atomic E-state index is -0.330. The molecule has 1 fully saturated rings. The van der Waals surface area contributed by atoms with Crippen LogP contribution in [0, 0.1) is 17.0 Å². The minimum Gasteiger partial charge on any atom is -0.374 e. The molecule has 1 aromatic rings. The van der Waals surface area contributed by atoms with Crippen molar-refractivity contribution in [2.24, 2.45) is 0 Å². The summed E-state index contributed by atoms with van der Waals surface area (Å²) in [5.41, 5.74) is 1.49. The van der Waals surface area contributed by atoms with E-state index in [9.17, 15) is 10.1 Å². The van der Waals surface area contributed by atoms with Gasteiger partial charge >= 0.3 is 0 Å². The van der Waals surface area contributed by atoms with Crippen LogP contribution in [-0.2, 0) is 0 Å². The van der Waals surface area contributed by atoms with E-state index in [1.165, 1.54) is 0 Å². The molecule has 0 atom stereocenters. The summed E-state index contributed by atoms with van der Waals surface area (Å²) in [4.78, 5) is 10.6. The maximum Gasteiger partial charge on any atom is 0.295 e. The molecule has 0 aromatic heterocycles. The van der Waals surface area contributed by atoms with Crippen LogP contribution < -0.4 is 10.6 Å². The Labute approximate surface area is 87.6 Å². The highest BCUT2D eigenvalue weighted by Gasteiger charge is 2.22. The molecule has 1 heterocycles. The second-order valence-corrected chi connectivity index (χ2v) is 3.73. The number of rotatable bonds is 3. The fraction of sp³-hybridized carbons (Fsp3) is 0.400. The number of nitrogens with zero attached hydrogens (tertiary/aromatic N) is 1. The van der Waals surface area contributed by atoms with Crippen molar-refractivity contribution in [1.29, 1.82) is 0 Å². The number of hydrogen-bond donors (Lipinski definition) is 2. The Morgan fingerprint density at radius 2 is 2.27 bits per heavy atom. The van der Waals surface area contributed by atoms with E-state index >= 15 is 0 Å². The van der Waals surface area contributed by atoms with E-state index in [0.717, 1.165) is 13.1 Å². The van der Waals surface area contributed by atoms with Crippen molar-refractivity contribution in [3.63, 3.8) is 0 Å². The number of nitrogens with one attached hydrogen (secondary N) is 2. The molecule has 0 unspecified atom stereocenters. The van der Waals surface area contributed by atoms with Crippen molar-refractivity contribution in [2.45, 2.75) is 13.0 Å². The van der Waals surface area contributed by atoms with E-state index in [0.29, 0.717) is 17.3 Å². The van der Waals surface area contributed by atoms with E-state index in [-0.39, 0.29) is 10.6 Å². The van der Waals surface area contributed by atoms with Crippen LogP contribution in [0.25, 0.3) is 0 Å². The highest BCUT2D eigenvalue weighted by atomic mass is 16.6. The highest BCUT2D eigenvalue weighted by molar-refractivity contribution is 5.65. The van der Waals surface area contributed by atoms with Gasteiger partial charge in [0, 0.05) is 18.7 Å². The summed E-state index contributed by atoms with van der Waals surface area (Å²) in [7, 11) is 0. The first kappa shape index (κ1) is 9.92. The van der Waals surface area contributed by atoms with Crippen molar-refractivity contribution < 1.29 is 4.92 Å². The molecular formula is C10H13N3O2. The zero-order valence-electron chi connectivity index (χ0n) is 8.49. The minimum absolute atomic E-state index is 0.185. The van der Waals surface area contributed by atoms with Crippen LogP contribution in [-0.4, -0.2) is 24.1 Å². The summed E-state index contributed by atoms with van der Waals surface area (Å²) >= 11 is 0. The Morgan fingerprint density at radius 1 is 1.53 bits per heavy atom. The Balaban J connectivity index is 2.27. The lowest BCUT2D eigenvalue weighted by Gasteiger charge is -2.28. The Kier molecular flexibility index (Phi) is 2.55. The average molecular weight is 207 g/mol. The second-order valence-electron chi connectivity index (χ2n) is 3.73. The quantitative estimate of drug-likeness (QED) is 0.579. The molecule has 5 heteroatoms. The molecule has 1 saturated heterocycles. The largest absolute Gasteiger partial charge is 0.374 e. The molecule has 5 nitrogen and oxygen atoms in total. The van der Waals surface area contributed by atoms with Gasteiger partial charge in [0.25, 0.3) is 5.69 Å². The lowest BCUT2D eigenvalue weighted by molar-refractivity contribution is -0.384. The van der Waals surface area contributed by atoms with Crippen molar-refractivity contribution >= 4 is 11.4 Å². The van der Waals surface area contributed by atoms with Crippen molar-refractivity contribution in [3.05, 3.63) is 33.9 Å². The number of nitro benzene ring substituents is 1. The van der Waals surface area contributed by atoms with Gasteiger partial charge in [-0.05, 0) is 13.0 Å². The smallest absolute Gasteiger partial charge is 0.295 e. The third kappa shape index (κ3) is 1.92. The Bertz CT molecular complexity index is 388. The van der Waals surface area contributed by atoms with Gasteiger partial charge in [-0.25, -0.2) is 0 Å². The van der Waals surface area contributed by atoms with E-state index < -0.39 is 0 Å². The first-order valence-corrected chi connectivity index (χ1v) is 4.90. The number of benzene rings is 1. The lowest BCUT2D eigenvalue weighted by atomic mass is 10.1. The summed E-state index contributed by atoms with van der Waals surface area (Å²) in [6, 6.07) is 5.65. The zero-order valence-corrected chi connectivity index (χ0v) is 8.49. The number of para-hydroxylation sites is 1. The molecule has 2 rings (SSSR count). The van der Waals surface area contributed by atoms with Crippen molar-refractivity contribution in [3.8, 4) is 0 Å². The lowest BCUT2D eigenvalue weighted by Crippen LogP contribution is -2.51. The van der Waals surface area contributed by atoms with Crippen LogP contribution in [0.4, 0.5) is 11.4 Å². The number of nitro groups is 1. The fourth-order valence-electron chi connectivity index (χ4n) is 1.63. The molecule has 1 aliphatic rings. The Morgan fingerprint density at radius 3 is 2.80 bits per heavy atom. The predicted molar refractivity (Wildman–Crippen MR) is 58.1 cm³/mol. The average Bonchev–Trinajstić information content (AvgIpc) is 2.10. The van der Waals surface area contributed by atoms with Crippen LogP contribution >= 0.6 is 0 Å². The van der Waals surface area contributed by atoms with E-state index in [1.807, 2.05) is 6.07 Å². The SMILES string of the molecule is Cc1cccc(NC2CNC2)c1[N+](=O)[O-]. The molecule has 2 N–H and O–H groups in total. The van der Waals surface area contributed by atoms with Crippen LogP contribution in [0.5, 0.6) is 0 Å². The summed E-state index contributed by atoms with van der Waals surface area (Å²) in [6.07, 6.45) is 0. The summed E-state index contributed by atoms with van der Waals surface area (Å²) in [6.45, 7) is 3.48. The molecule has 0 amide bonds. The maximum absolute atomic E-state index is 10.9. The molecule has 1 aliphatic heterocycles. The summed E-state index contributed by atoms with van der Waals surface area (Å²) in [5, 5.41) is 17.2. The molecular weight excluding hydrogens is 194 g/mol. The highest BCUT2D eigenvalue weighted by Crippen LogP contribution is 2.28. The van der Waals surface area contributed by atoms with E-state index in [1.54, 1.807) is 19.1 Å². The second kappa shape index (κ2) is 3.86. The van der Waals surface area contributed by atoms with Gasteiger partial charge in [-0.2, -0.15) is 0 Å². The van der Waals surface area contributed by atoms with Gasteiger partial charge in [-0.1, -0.05) is 12.1 Å². The molecule has 0 spiro atoms. The monoisotopic (exact) mass is 207 g/mol. The van der Waals surface area contributed by atoms with Crippen LogP contribution in [0.2, 0.25) is 0 Å². The molecule has 15 heavy (non-hydrogen) atoms. The molecule has 0 aliphatic carbocycles. The third-order valence-corrected chi connectivity index (χ3v) is 2.56. The first-order valence-electron chi connectivity index (χ1n) is 4.90. The maximum atomic E-state index is 10.9. The van der Waals surface area contributed by atoms with Gasteiger partial charge in [0.1, 0.15) is 5.69 Å². The van der Waals surface area contributed by atoms with E-state index in [2.05, 4.69) is 10.6 Å². The normalized spacial score (nSPS) is 15.8. The number of anilines is 1. The van der Waals surface area contributed by atoms with Crippen LogP contribution in [0.3, 0.4) is 0 Å². The van der Waals surface area contributed by atoms with Crippen molar-refractivity contribution in [1.82, 2.24) is 5.32 Å². The van der Waals surface area contributed by atoms with Crippen LogP contribution in [0.1, 0.15) is 5.56 Å². The van der Waals surface area contributed by atoms with Gasteiger partial charge in [0.05, 0.1) is 11.0 Å². The van der Waals surface area contributed by atoms with Crippen LogP contribution in [0.15, 0.2) is 18.2 Å². The van der Waals surface area contributed by atoms with Gasteiger partial charge in [0.15, 0.2) is 0 Å². The first-order chi connectivity index (χ1) is 7.18. The topological polar surface area (TPSA) is 67.2 Å². The van der Waals surface area contributed by atoms with Gasteiger partial charge in [-0.15, -0.1) is 0 Å².